The van der Waals surface area contributed by atoms with Crippen LogP contribution in [-0.4, -0.2) is 18.6 Å². The van der Waals surface area contributed by atoms with Crippen molar-refractivity contribution in [2.24, 2.45) is 7.05 Å². The Morgan fingerprint density at radius 3 is 1.77 bits per heavy atom. The van der Waals surface area contributed by atoms with Crippen LogP contribution in [0.25, 0.3) is 12.2 Å². The minimum Gasteiger partial charge on any atom is -1.00 e. The molecule has 3 nitrogen and oxygen atoms in total. The Bertz CT molecular complexity index is 561. The monoisotopic (exact) mass is 412 g/mol. The molecule has 0 saturated heterocycles. The quantitative estimate of drug-likeness (QED) is 0.492. The SMILES string of the molecule is CCN(CC)c1ccc(C=Cc2cc[n+](C)cc2)cc1.O.[I-]. The summed E-state index contributed by atoms with van der Waals surface area (Å²) in [5.41, 5.74) is 3.74. The van der Waals surface area contributed by atoms with E-state index in [1.165, 1.54) is 16.8 Å². The molecule has 1 aromatic carbocycles. The standard InChI is InChI=1S/C18H23N2.HI.H2O/c1-4-20(5-2)18-10-8-16(9-11-18)6-7-17-12-14-19(3)15-13-17;;/h6-15H,4-5H2,1-3H3;1H;1H2/q+1;;/p-1. The van der Waals surface area contributed by atoms with E-state index in [0.717, 1.165) is 13.1 Å². The number of nitrogens with zero attached hydrogens (tertiary/aromatic N) is 2. The topological polar surface area (TPSA) is 38.6 Å². The number of pyridine rings is 1. The molecule has 0 aliphatic carbocycles. The molecular weight excluding hydrogens is 387 g/mol. The van der Waals surface area contributed by atoms with E-state index in [1.807, 2.05) is 11.6 Å². The van der Waals surface area contributed by atoms with Gasteiger partial charge in [0.2, 0.25) is 0 Å². The molecule has 0 spiro atoms. The molecule has 0 atom stereocenters. The summed E-state index contributed by atoms with van der Waals surface area (Å²) in [5, 5.41) is 0. The molecule has 0 fully saturated rings. The second-order valence-corrected chi connectivity index (χ2v) is 4.89. The first kappa shape index (κ1) is 20.6. The third-order valence-corrected chi connectivity index (χ3v) is 3.49. The molecule has 0 aliphatic heterocycles. The lowest BCUT2D eigenvalue weighted by molar-refractivity contribution is -0.671. The first-order chi connectivity index (χ1) is 9.72. The zero-order chi connectivity index (χ0) is 14.4. The van der Waals surface area contributed by atoms with E-state index in [1.54, 1.807) is 0 Å². The van der Waals surface area contributed by atoms with Gasteiger partial charge in [-0.1, -0.05) is 24.3 Å². The van der Waals surface area contributed by atoms with E-state index in [-0.39, 0.29) is 29.5 Å². The largest absolute Gasteiger partial charge is 1.00 e. The molecule has 22 heavy (non-hydrogen) atoms. The molecule has 2 N–H and O–H groups in total. The molecule has 0 radical (unpaired) electrons. The van der Waals surface area contributed by atoms with E-state index in [9.17, 15) is 0 Å². The van der Waals surface area contributed by atoms with Gasteiger partial charge in [0.05, 0.1) is 0 Å². The molecule has 120 valence electrons. The van der Waals surface area contributed by atoms with Gasteiger partial charge in [-0.25, -0.2) is 4.57 Å². The van der Waals surface area contributed by atoms with Crippen LogP contribution in [0.5, 0.6) is 0 Å². The highest BCUT2D eigenvalue weighted by atomic mass is 127. The van der Waals surface area contributed by atoms with Crippen molar-refractivity contribution in [1.29, 1.82) is 0 Å². The van der Waals surface area contributed by atoms with Gasteiger partial charge in [0.1, 0.15) is 7.05 Å². The van der Waals surface area contributed by atoms with Gasteiger partial charge in [-0.2, -0.15) is 0 Å². The minimum atomic E-state index is 0. The van der Waals surface area contributed by atoms with E-state index < -0.39 is 0 Å². The van der Waals surface area contributed by atoms with Crippen molar-refractivity contribution >= 4 is 17.8 Å². The van der Waals surface area contributed by atoms with Gasteiger partial charge in [0, 0.05) is 30.9 Å². The van der Waals surface area contributed by atoms with E-state index in [2.05, 4.69) is 79.7 Å². The molecule has 4 heteroatoms. The van der Waals surface area contributed by atoms with Crippen molar-refractivity contribution < 1.29 is 34.0 Å². The normalized spacial score (nSPS) is 9.95. The van der Waals surface area contributed by atoms with Crippen LogP contribution in [0.1, 0.15) is 25.0 Å². The summed E-state index contributed by atoms with van der Waals surface area (Å²) in [6.07, 6.45) is 8.42. The van der Waals surface area contributed by atoms with Crippen molar-refractivity contribution in [3.63, 3.8) is 0 Å². The lowest BCUT2D eigenvalue weighted by Gasteiger charge is -2.20. The molecule has 0 aliphatic rings. The van der Waals surface area contributed by atoms with Crippen LogP contribution in [0.15, 0.2) is 48.8 Å². The maximum atomic E-state index is 2.35. The summed E-state index contributed by atoms with van der Waals surface area (Å²) in [6, 6.07) is 13.0. The van der Waals surface area contributed by atoms with Crippen LogP contribution < -0.4 is 33.4 Å². The average Bonchev–Trinajstić information content (AvgIpc) is 2.49. The van der Waals surface area contributed by atoms with Crippen LogP contribution in [-0.2, 0) is 7.05 Å². The Hall–Kier alpha value is -1.40. The number of rotatable bonds is 5. The fourth-order valence-electron chi connectivity index (χ4n) is 2.20. The lowest BCUT2D eigenvalue weighted by Crippen LogP contribution is -3.00. The van der Waals surface area contributed by atoms with Gasteiger partial charge in [0.25, 0.3) is 0 Å². The number of benzene rings is 1. The number of anilines is 1. The van der Waals surface area contributed by atoms with Crippen molar-refractivity contribution in [3.8, 4) is 0 Å². The lowest BCUT2D eigenvalue weighted by atomic mass is 10.1. The predicted octanol–water partition coefficient (Wildman–Crippen LogP) is -0.293. The second kappa shape index (κ2) is 10.3. The first-order valence-corrected chi connectivity index (χ1v) is 7.21. The molecule has 1 aromatic heterocycles. The van der Waals surface area contributed by atoms with Crippen molar-refractivity contribution in [2.45, 2.75) is 13.8 Å². The number of halogens is 1. The highest BCUT2D eigenvalue weighted by Crippen LogP contribution is 2.16. The second-order valence-electron chi connectivity index (χ2n) is 4.89. The predicted molar refractivity (Wildman–Crippen MR) is 90.2 cm³/mol. The van der Waals surface area contributed by atoms with Crippen LogP contribution >= 0.6 is 0 Å². The Labute approximate surface area is 150 Å². The summed E-state index contributed by atoms with van der Waals surface area (Å²) in [4.78, 5) is 2.35. The van der Waals surface area contributed by atoms with Crippen LogP contribution in [0.4, 0.5) is 5.69 Å². The smallest absolute Gasteiger partial charge is 0.169 e. The third kappa shape index (κ3) is 5.77. The first-order valence-electron chi connectivity index (χ1n) is 7.21. The van der Waals surface area contributed by atoms with Crippen molar-refractivity contribution in [2.75, 3.05) is 18.0 Å². The summed E-state index contributed by atoms with van der Waals surface area (Å²) in [5.74, 6) is 0. The van der Waals surface area contributed by atoms with Gasteiger partial charge in [-0.3, -0.25) is 0 Å². The minimum absolute atomic E-state index is 0. The highest BCUT2D eigenvalue weighted by Gasteiger charge is 2.00. The molecule has 0 saturated carbocycles. The number of aromatic nitrogens is 1. The zero-order valence-electron chi connectivity index (χ0n) is 13.5. The fourth-order valence-corrected chi connectivity index (χ4v) is 2.20. The van der Waals surface area contributed by atoms with Gasteiger partial charge >= 0.3 is 0 Å². The third-order valence-electron chi connectivity index (χ3n) is 3.49. The average molecular weight is 412 g/mol. The number of hydrogen-bond donors (Lipinski definition) is 0. The maximum Gasteiger partial charge on any atom is 0.169 e. The Morgan fingerprint density at radius 1 is 0.864 bits per heavy atom. The fraction of sp³-hybridized carbons (Fsp3) is 0.278. The highest BCUT2D eigenvalue weighted by molar-refractivity contribution is 5.70. The van der Waals surface area contributed by atoms with Crippen LogP contribution in [0.2, 0.25) is 0 Å². The molecular formula is C18H25IN2O. The molecule has 1 heterocycles. The summed E-state index contributed by atoms with van der Waals surface area (Å²) in [7, 11) is 2.03. The maximum absolute atomic E-state index is 2.35. The van der Waals surface area contributed by atoms with Gasteiger partial charge in [-0.15, -0.1) is 0 Å². The zero-order valence-corrected chi connectivity index (χ0v) is 15.6. The molecule has 2 rings (SSSR count). The Morgan fingerprint density at radius 2 is 1.32 bits per heavy atom. The number of hydrogen-bond acceptors (Lipinski definition) is 1. The van der Waals surface area contributed by atoms with Crippen molar-refractivity contribution in [3.05, 3.63) is 59.9 Å². The molecule has 2 aromatic rings. The van der Waals surface area contributed by atoms with E-state index in [4.69, 9.17) is 0 Å². The van der Waals surface area contributed by atoms with Gasteiger partial charge < -0.3 is 34.4 Å². The van der Waals surface area contributed by atoms with Crippen LogP contribution in [0.3, 0.4) is 0 Å². The van der Waals surface area contributed by atoms with Crippen molar-refractivity contribution in [1.82, 2.24) is 0 Å². The van der Waals surface area contributed by atoms with Crippen LogP contribution in [0, 0.1) is 0 Å². The molecule has 0 amide bonds. The summed E-state index contributed by atoms with van der Waals surface area (Å²) in [6.45, 7) is 6.47. The number of aryl methyl sites for hydroxylation is 1. The summed E-state index contributed by atoms with van der Waals surface area (Å²) >= 11 is 0. The Balaban J connectivity index is 0.00000220. The van der Waals surface area contributed by atoms with E-state index in [0.29, 0.717) is 0 Å². The van der Waals surface area contributed by atoms with E-state index >= 15 is 0 Å². The molecule has 0 bridgehead atoms. The van der Waals surface area contributed by atoms with Gasteiger partial charge in [0.15, 0.2) is 12.4 Å². The van der Waals surface area contributed by atoms with Gasteiger partial charge in [-0.05, 0) is 37.1 Å². The molecule has 0 unspecified atom stereocenters. The summed E-state index contributed by atoms with van der Waals surface area (Å²) < 4.78 is 2.04. The Kier molecular flexibility index (Phi) is 9.69.